The van der Waals surface area contributed by atoms with E-state index >= 15 is 0 Å². The molecule has 0 saturated heterocycles. The summed E-state index contributed by atoms with van der Waals surface area (Å²) < 4.78 is 0. The van der Waals surface area contributed by atoms with Crippen molar-refractivity contribution < 1.29 is 0 Å². The maximum Gasteiger partial charge on any atom is 0.0426 e. The van der Waals surface area contributed by atoms with Crippen LogP contribution >= 0.6 is 11.6 Å². The van der Waals surface area contributed by atoms with E-state index in [0.717, 1.165) is 36.8 Å². The van der Waals surface area contributed by atoms with Crippen LogP contribution in [0.15, 0.2) is 24.3 Å². The second-order valence-electron chi connectivity index (χ2n) is 3.29. The van der Waals surface area contributed by atoms with Crippen LogP contribution < -0.4 is 16.2 Å². The first-order valence-corrected chi connectivity index (χ1v) is 5.66. The van der Waals surface area contributed by atoms with E-state index in [1.54, 1.807) is 0 Å². The highest BCUT2D eigenvalue weighted by Gasteiger charge is 1.92. The average Bonchev–Trinajstić information content (AvgIpc) is 2.23. The quantitative estimate of drug-likeness (QED) is 0.494. The Bertz CT molecular complexity index is 278. The molecule has 0 aliphatic carbocycles. The minimum atomic E-state index is 0.761. The first-order valence-electron chi connectivity index (χ1n) is 5.28. The standard InChI is InChI=1S/C11H18ClN3/c1-2-6-14-15-8-7-13-11-5-3-4-10(12)9-11/h3-5,9,13-15H,2,6-8H2,1H3. The molecule has 0 unspecified atom stereocenters. The number of anilines is 1. The van der Waals surface area contributed by atoms with Gasteiger partial charge in [0.25, 0.3) is 0 Å². The van der Waals surface area contributed by atoms with Crippen molar-refractivity contribution in [3.05, 3.63) is 29.3 Å². The summed E-state index contributed by atoms with van der Waals surface area (Å²) in [5.41, 5.74) is 7.30. The van der Waals surface area contributed by atoms with E-state index < -0.39 is 0 Å². The zero-order valence-corrected chi connectivity index (χ0v) is 9.77. The molecule has 0 radical (unpaired) electrons. The fraction of sp³-hybridized carbons (Fsp3) is 0.455. The van der Waals surface area contributed by atoms with Crippen LogP contribution in [0.4, 0.5) is 5.69 Å². The van der Waals surface area contributed by atoms with Gasteiger partial charge >= 0.3 is 0 Å². The predicted octanol–water partition coefficient (Wildman–Crippen LogP) is 2.26. The Morgan fingerprint density at radius 1 is 1.13 bits per heavy atom. The number of benzene rings is 1. The minimum Gasteiger partial charge on any atom is -0.384 e. The Labute approximate surface area is 96.2 Å². The number of nitrogens with one attached hydrogen (secondary N) is 3. The normalized spacial score (nSPS) is 10.3. The number of hydrogen-bond donors (Lipinski definition) is 3. The first-order chi connectivity index (χ1) is 7.33. The fourth-order valence-electron chi connectivity index (χ4n) is 1.17. The van der Waals surface area contributed by atoms with E-state index in [1.165, 1.54) is 0 Å². The second kappa shape index (κ2) is 7.51. The molecule has 0 aromatic heterocycles. The Morgan fingerprint density at radius 2 is 1.93 bits per heavy atom. The van der Waals surface area contributed by atoms with Crippen molar-refractivity contribution in [3.8, 4) is 0 Å². The van der Waals surface area contributed by atoms with Crippen LogP contribution in [-0.4, -0.2) is 19.6 Å². The molecule has 1 aromatic rings. The molecule has 0 aliphatic rings. The lowest BCUT2D eigenvalue weighted by molar-refractivity contribution is 0.541. The van der Waals surface area contributed by atoms with Gasteiger partial charge in [0.05, 0.1) is 0 Å². The second-order valence-corrected chi connectivity index (χ2v) is 3.73. The van der Waals surface area contributed by atoms with Gasteiger partial charge in [0.2, 0.25) is 0 Å². The molecule has 4 heteroatoms. The molecular weight excluding hydrogens is 210 g/mol. The number of hydrogen-bond acceptors (Lipinski definition) is 3. The Kier molecular flexibility index (Phi) is 6.16. The summed E-state index contributed by atoms with van der Waals surface area (Å²) >= 11 is 5.86. The molecule has 0 saturated carbocycles. The molecule has 1 aromatic carbocycles. The highest BCUT2D eigenvalue weighted by Crippen LogP contribution is 2.14. The highest BCUT2D eigenvalue weighted by molar-refractivity contribution is 6.30. The third-order valence-electron chi connectivity index (χ3n) is 1.90. The van der Waals surface area contributed by atoms with Crippen molar-refractivity contribution in [1.29, 1.82) is 0 Å². The maximum atomic E-state index is 5.86. The van der Waals surface area contributed by atoms with Gasteiger partial charge in [0.1, 0.15) is 0 Å². The Morgan fingerprint density at radius 3 is 2.67 bits per heavy atom. The molecule has 0 spiro atoms. The lowest BCUT2D eigenvalue weighted by Gasteiger charge is -2.08. The minimum absolute atomic E-state index is 0.761. The highest BCUT2D eigenvalue weighted by atomic mass is 35.5. The molecule has 3 nitrogen and oxygen atoms in total. The molecule has 84 valence electrons. The number of halogens is 1. The van der Waals surface area contributed by atoms with Gasteiger partial charge in [-0.15, -0.1) is 0 Å². The van der Waals surface area contributed by atoms with Gasteiger partial charge in [-0.25, -0.2) is 0 Å². The van der Waals surface area contributed by atoms with Crippen LogP contribution in [0.2, 0.25) is 5.02 Å². The van der Waals surface area contributed by atoms with Crippen LogP contribution in [0.25, 0.3) is 0 Å². The van der Waals surface area contributed by atoms with Crippen molar-refractivity contribution in [2.45, 2.75) is 13.3 Å². The molecule has 0 fully saturated rings. The number of hydrazine groups is 1. The van der Waals surface area contributed by atoms with Crippen LogP contribution in [-0.2, 0) is 0 Å². The van der Waals surface area contributed by atoms with Crippen LogP contribution in [0.1, 0.15) is 13.3 Å². The van der Waals surface area contributed by atoms with Gasteiger partial charge in [-0.05, 0) is 24.6 Å². The molecule has 1 rings (SSSR count). The van der Waals surface area contributed by atoms with Crippen molar-refractivity contribution in [3.63, 3.8) is 0 Å². The summed E-state index contributed by atoms with van der Waals surface area (Å²) in [5, 5.41) is 4.04. The monoisotopic (exact) mass is 227 g/mol. The zero-order valence-electron chi connectivity index (χ0n) is 9.02. The average molecular weight is 228 g/mol. The summed E-state index contributed by atoms with van der Waals surface area (Å²) in [6.45, 7) is 4.89. The van der Waals surface area contributed by atoms with Crippen molar-refractivity contribution in [1.82, 2.24) is 10.9 Å². The summed E-state index contributed by atoms with van der Waals surface area (Å²) in [4.78, 5) is 0. The zero-order chi connectivity index (χ0) is 10.9. The molecule has 15 heavy (non-hydrogen) atoms. The molecule has 0 heterocycles. The lowest BCUT2D eigenvalue weighted by Crippen LogP contribution is -2.35. The van der Waals surface area contributed by atoms with E-state index in [2.05, 4.69) is 23.1 Å². The van der Waals surface area contributed by atoms with E-state index in [1.807, 2.05) is 24.3 Å². The Hall–Kier alpha value is -0.770. The van der Waals surface area contributed by atoms with Gasteiger partial charge in [0, 0.05) is 30.3 Å². The van der Waals surface area contributed by atoms with Crippen LogP contribution in [0.5, 0.6) is 0 Å². The molecule has 0 atom stereocenters. The van der Waals surface area contributed by atoms with Crippen molar-refractivity contribution >= 4 is 17.3 Å². The van der Waals surface area contributed by atoms with Gasteiger partial charge < -0.3 is 5.32 Å². The smallest absolute Gasteiger partial charge is 0.0426 e. The van der Waals surface area contributed by atoms with Gasteiger partial charge in [-0.1, -0.05) is 24.6 Å². The van der Waals surface area contributed by atoms with Crippen LogP contribution in [0, 0.1) is 0 Å². The molecular formula is C11H18ClN3. The lowest BCUT2D eigenvalue weighted by atomic mass is 10.3. The molecule has 0 amide bonds. The van der Waals surface area contributed by atoms with E-state index in [9.17, 15) is 0 Å². The SMILES string of the molecule is CCCNNCCNc1cccc(Cl)c1. The fourth-order valence-corrected chi connectivity index (χ4v) is 1.36. The predicted molar refractivity (Wildman–Crippen MR) is 66.2 cm³/mol. The first kappa shape index (κ1) is 12.3. The molecule has 0 bridgehead atoms. The van der Waals surface area contributed by atoms with Crippen molar-refractivity contribution in [2.24, 2.45) is 0 Å². The van der Waals surface area contributed by atoms with Gasteiger partial charge in [-0.3, -0.25) is 10.9 Å². The summed E-state index contributed by atoms with van der Waals surface area (Å²) in [5.74, 6) is 0. The van der Waals surface area contributed by atoms with E-state index in [0.29, 0.717) is 0 Å². The summed E-state index contributed by atoms with van der Waals surface area (Å²) in [7, 11) is 0. The number of rotatable bonds is 7. The molecule has 0 aliphatic heterocycles. The molecule has 3 N–H and O–H groups in total. The summed E-state index contributed by atoms with van der Waals surface area (Å²) in [6, 6.07) is 7.73. The van der Waals surface area contributed by atoms with Gasteiger partial charge in [0.15, 0.2) is 0 Å². The topological polar surface area (TPSA) is 36.1 Å². The van der Waals surface area contributed by atoms with Gasteiger partial charge in [-0.2, -0.15) is 0 Å². The van der Waals surface area contributed by atoms with Crippen molar-refractivity contribution in [2.75, 3.05) is 25.0 Å². The summed E-state index contributed by atoms with van der Waals surface area (Å²) in [6.07, 6.45) is 1.13. The van der Waals surface area contributed by atoms with E-state index in [-0.39, 0.29) is 0 Å². The maximum absolute atomic E-state index is 5.86. The van der Waals surface area contributed by atoms with Crippen LogP contribution in [0.3, 0.4) is 0 Å². The third kappa shape index (κ3) is 5.62. The third-order valence-corrected chi connectivity index (χ3v) is 2.14. The Balaban J connectivity index is 2.10. The largest absolute Gasteiger partial charge is 0.384 e. The van der Waals surface area contributed by atoms with E-state index in [4.69, 9.17) is 11.6 Å².